The Labute approximate surface area is 80.0 Å². The van der Waals surface area contributed by atoms with Crippen LogP contribution in [0, 0.1) is 0 Å². The highest BCUT2D eigenvalue weighted by Crippen LogP contribution is 2.00. The highest BCUT2D eigenvalue weighted by molar-refractivity contribution is 5.01. The van der Waals surface area contributed by atoms with Gasteiger partial charge in [0.15, 0.2) is 0 Å². The topological polar surface area (TPSA) is 40.7 Å². The highest BCUT2D eigenvalue weighted by Gasteiger charge is 1.99. The monoisotopic (exact) mass is 181 g/mol. The van der Waals surface area contributed by atoms with E-state index in [1.54, 1.807) is 0 Å². The second kappa shape index (κ2) is 5.02. The van der Waals surface area contributed by atoms with Gasteiger partial charge in [-0.15, -0.1) is 0 Å². The third kappa shape index (κ3) is 3.59. The number of nitrogens with zero attached hydrogens (tertiary/aromatic N) is 1. The Hall–Kier alpha value is -0.830. The lowest BCUT2D eigenvalue weighted by atomic mass is 10.3. The molecule has 0 amide bonds. The molecule has 0 saturated carbocycles. The van der Waals surface area contributed by atoms with Crippen molar-refractivity contribution in [3.63, 3.8) is 0 Å². The molecule has 0 fully saturated rings. The molecule has 1 heterocycles. The zero-order valence-electron chi connectivity index (χ0n) is 8.72. The van der Waals surface area contributed by atoms with Crippen LogP contribution in [0.1, 0.15) is 38.7 Å². The molecular weight excluding hydrogens is 162 g/mol. The van der Waals surface area contributed by atoms with Crippen LogP contribution in [-0.4, -0.2) is 16.0 Å². The Morgan fingerprint density at radius 3 is 2.92 bits per heavy atom. The van der Waals surface area contributed by atoms with Gasteiger partial charge in [0.25, 0.3) is 0 Å². The summed E-state index contributed by atoms with van der Waals surface area (Å²) in [6.07, 6.45) is 4.19. The van der Waals surface area contributed by atoms with Crippen molar-refractivity contribution in [3.05, 3.63) is 17.7 Å². The molecule has 0 unspecified atom stereocenters. The number of nitrogens with one attached hydrogen (secondary N) is 2. The van der Waals surface area contributed by atoms with Crippen molar-refractivity contribution in [2.75, 3.05) is 0 Å². The fourth-order valence-corrected chi connectivity index (χ4v) is 1.19. The summed E-state index contributed by atoms with van der Waals surface area (Å²) in [7, 11) is 0. The Bertz CT molecular complexity index is 240. The third-order valence-corrected chi connectivity index (χ3v) is 1.88. The van der Waals surface area contributed by atoms with Crippen LogP contribution in [0.3, 0.4) is 0 Å². The number of aryl methyl sites for hydroxylation is 1. The van der Waals surface area contributed by atoms with Crippen molar-refractivity contribution in [1.29, 1.82) is 0 Å². The number of aromatic nitrogens is 2. The van der Waals surface area contributed by atoms with Crippen LogP contribution in [0.2, 0.25) is 0 Å². The molecule has 74 valence electrons. The van der Waals surface area contributed by atoms with Crippen molar-refractivity contribution in [3.8, 4) is 0 Å². The first kappa shape index (κ1) is 10.3. The highest BCUT2D eigenvalue weighted by atomic mass is 15.0. The van der Waals surface area contributed by atoms with Crippen LogP contribution in [0.4, 0.5) is 0 Å². The van der Waals surface area contributed by atoms with Gasteiger partial charge in [-0.3, -0.25) is 0 Å². The minimum atomic E-state index is 0.514. The molecule has 3 heteroatoms. The minimum absolute atomic E-state index is 0.514. The predicted octanol–water partition coefficient (Wildman–Crippen LogP) is 1.86. The second-order valence-electron chi connectivity index (χ2n) is 3.64. The quantitative estimate of drug-likeness (QED) is 0.728. The lowest BCUT2D eigenvalue weighted by Crippen LogP contribution is -2.22. The maximum Gasteiger partial charge on any atom is 0.120 e. The summed E-state index contributed by atoms with van der Waals surface area (Å²) in [5, 5.41) is 3.32. The van der Waals surface area contributed by atoms with Crippen LogP contribution >= 0.6 is 0 Å². The van der Waals surface area contributed by atoms with Crippen molar-refractivity contribution in [2.45, 2.75) is 46.2 Å². The van der Waals surface area contributed by atoms with E-state index in [4.69, 9.17) is 0 Å². The van der Waals surface area contributed by atoms with Gasteiger partial charge in [-0.1, -0.05) is 27.2 Å². The minimum Gasteiger partial charge on any atom is -0.345 e. The van der Waals surface area contributed by atoms with Crippen LogP contribution in [0.15, 0.2) is 6.20 Å². The van der Waals surface area contributed by atoms with Crippen molar-refractivity contribution in [2.24, 2.45) is 0 Å². The Morgan fingerprint density at radius 1 is 1.54 bits per heavy atom. The summed E-state index contributed by atoms with van der Waals surface area (Å²) >= 11 is 0. The maximum absolute atomic E-state index is 4.29. The number of rotatable bonds is 5. The van der Waals surface area contributed by atoms with E-state index in [0.717, 1.165) is 18.8 Å². The molecule has 3 nitrogen and oxygen atoms in total. The third-order valence-electron chi connectivity index (χ3n) is 1.88. The van der Waals surface area contributed by atoms with Gasteiger partial charge in [0, 0.05) is 17.9 Å². The molecule has 0 spiro atoms. The molecular formula is C10H19N3. The number of imidazole rings is 1. The number of hydrogen-bond donors (Lipinski definition) is 2. The zero-order valence-corrected chi connectivity index (χ0v) is 8.72. The smallest absolute Gasteiger partial charge is 0.120 e. The summed E-state index contributed by atoms with van der Waals surface area (Å²) in [4.78, 5) is 7.58. The Balaban J connectivity index is 2.39. The number of H-pyrrole nitrogens is 1. The molecule has 0 aliphatic rings. The normalized spacial score (nSPS) is 11.1. The zero-order chi connectivity index (χ0) is 9.68. The summed E-state index contributed by atoms with van der Waals surface area (Å²) in [6.45, 7) is 7.28. The second-order valence-corrected chi connectivity index (χ2v) is 3.64. The summed E-state index contributed by atoms with van der Waals surface area (Å²) in [6, 6.07) is 0.514. The van der Waals surface area contributed by atoms with Gasteiger partial charge in [0.05, 0.1) is 6.54 Å². The van der Waals surface area contributed by atoms with Crippen LogP contribution in [-0.2, 0) is 13.0 Å². The molecule has 0 atom stereocenters. The molecule has 1 aromatic rings. The van der Waals surface area contributed by atoms with E-state index in [1.807, 2.05) is 6.20 Å². The largest absolute Gasteiger partial charge is 0.345 e. The molecule has 2 N–H and O–H groups in total. The van der Waals surface area contributed by atoms with Gasteiger partial charge < -0.3 is 10.3 Å². The van der Waals surface area contributed by atoms with Crippen LogP contribution < -0.4 is 5.32 Å². The fraction of sp³-hybridized carbons (Fsp3) is 0.700. The van der Waals surface area contributed by atoms with E-state index < -0.39 is 0 Å². The molecule has 1 aromatic heterocycles. The molecule has 1 rings (SSSR count). The predicted molar refractivity (Wildman–Crippen MR) is 54.6 cm³/mol. The SMILES string of the molecule is CCCc1cnc(CNC(C)C)[nH]1. The lowest BCUT2D eigenvalue weighted by Gasteiger charge is -2.04. The molecule has 0 aliphatic carbocycles. The first-order valence-corrected chi connectivity index (χ1v) is 4.98. The average Bonchev–Trinajstić information content (AvgIpc) is 2.50. The molecule has 0 radical (unpaired) electrons. The fourth-order valence-electron chi connectivity index (χ4n) is 1.19. The Kier molecular flexibility index (Phi) is 3.96. The Morgan fingerprint density at radius 2 is 2.31 bits per heavy atom. The van der Waals surface area contributed by atoms with E-state index in [-0.39, 0.29) is 0 Å². The van der Waals surface area contributed by atoms with E-state index in [9.17, 15) is 0 Å². The van der Waals surface area contributed by atoms with Crippen molar-refractivity contribution >= 4 is 0 Å². The van der Waals surface area contributed by atoms with Gasteiger partial charge in [-0.2, -0.15) is 0 Å². The standard InChI is InChI=1S/C10H19N3/c1-4-5-9-6-12-10(13-9)7-11-8(2)3/h6,8,11H,4-5,7H2,1-3H3,(H,12,13). The first-order chi connectivity index (χ1) is 6.22. The summed E-state index contributed by atoms with van der Waals surface area (Å²) < 4.78 is 0. The van der Waals surface area contributed by atoms with Crippen LogP contribution in [0.5, 0.6) is 0 Å². The van der Waals surface area contributed by atoms with Gasteiger partial charge in [0.1, 0.15) is 5.82 Å². The van der Waals surface area contributed by atoms with Gasteiger partial charge in [-0.25, -0.2) is 4.98 Å². The van der Waals surface area contributed by atoms with Crippen molar-refractivity contribution < 1.29 is 0 Å². The van der Waals surface area contributed by atoms with E-state index >= 15 is 0 Å². The van der Waals surface area contributed by atoms with Gasteiger partial charge in [-0.05, 0) is 6.42 Å². The molecule has 13 heavy (non-hydrogen) atoms. The number of aromatic amines is 1. The summed E-state index contributed by atoms with van der Waals surface area (Å²) in [5.41, 5.74) is 1.24. The molecule has 0 bridgehead atoms. The average molecular weight is 181 g/mol. The lowest BCUT2D eigenvalue weighted by molar-refractivity contribution is 0.574. The van der Waals surface area contributed by atoms with E-state index in [1.165, 1.54) is 12.1 Å². The number of hydrogen-bond acceptors (Lipinski definition) is 2. The molecule has 0 aliphatic heterocycles. The van der Waals surface area contributed by atoms with Gasteiger partial charge in [0.2, 0.25) is 0 Å². The van der Waals surface area contributed by atoms with Gasteiger partial charge >= 0.3 is 0 Å². The van der Waals surface area contributed by atoms with Crippen molar-refractivity contribution in [1.82, 2.24) is 15.3 Å². The maximum atomic E-state index is 4.29. The summed E-state index contributed by atoms with van der Waals surface area (Å²) in [5.74, 6) is 1.04. The molecule has 0 aromatic carbocycles. The molecule has 0 saturated heterocycles. The van der Waals surface area contributed by atoms with E-state index in [2.05, 4.69) is 36.1 Å². The van der Waals surface area contributed by atoms with Crippen LogP contribution in [0.25, 0.3) is 0 Å². The van der Waals surface area contributed by atoms with E-state index in [0.29, 0.717) is 6.04 Å². The first-order valence-electron chi connectivity index (χ1n) is 4.98.